The molecular weight excluding hydrogens is 506 g/mol. The molecule has 3 rings (SSSR count). The van der Waals surface area contributed by atoms with Gasteiger partial charge in [-0.2, -0.15) is 4.31 Å². The molecular formula is C28H35N3O6S. The third-order valence-electron chi connectivity index (χ3n) is 5.88. The van der Waals surface area contributed by atoms with E-state index in [2.05, 4.69) is 5.32 Å². The monoisotopic (exact) mass is 541 g/mol. The van der Waals surface area contributed by atoms with E-state index in [4.69, 9.17) is 10.5 Å². The van der Waals surface area contributed by atoms with Crippen LogP contribution in [0.5, 0.6) is 5.75 Å². The van der Waals surface area contributed by atoms with Crippen LogP contribution in [-0.2, 0) is 23.1 Å². The fraction of sp³-hybridized carbons (Fsp3) is 0.321. The molecule has 5 N–H and O–H groups in total. The fourth-order valence-electron chi connectivity index (χ4n) is 3.96. The molecule has 3 aromatic carbocycles. The third kappa shape index (κ3) is 8.47. The highest BCUT2D eigenvalue weighted by Gasteiger charge is 2.31. The SMILES string of the molecule is CC(C)CN(C[C@H](O)[C@H](Cc1ccc(OCc2ccccc2)cc1)NC(=O)O)S(=O)(=O)c1ccc(N)cc1. The van der Waals surface area contributed by atoms with E-state index < -0.39 is 28.3 Å². The van der Waals surface area contributed by atoms with Crippen molar-refractivity contribution in [3.8, 4) is 5.75 Å². The Morgan fingerprint density at radius 3 is 2.16 bits per heavy atom. The second kappa shape index (κ2) is 13.3. The van der Waals surface area contributed by atoms with Gasteiger partial charge in [0.25, 0.3) is 0 Å². The molecule has 0 saturated heterocycles. The first-order valence-corrected chi connectivity index (χ1v) is 13.8. The van der Waals surface area contributed by atoms with Crippen molar-refractivity contribution in [3.05, 3.63) is 90.0 Å². The molecule has 204 valence electrons. The van der Waals surface area contributed by atoms with Crippen molar-refractivity contribution in [2.24, 2.45) is 5.92 Å². The summed E-state index contributed by atoms with van der Waals surface area (Å²) in [6.45, 7) is 4.01. The zero-order valence-electron chi connectivity index (χ0n) is 21.5. The highest BCUT2D eigenvalue weighted by Crippen LogP contribution is 2.21. The summed E-state index contributed by atoms with van der Waals surface area (Å²) in [5.41, 5.74) is 7.92. The first-order chi connectivity index (χ1) is 18.0. The van der Waals surface area contributed by atoms with Crippen LogP contribution < -0.4 is 15.8 Å². The maximum Gasteiger partial charge on any atom is 0.404 e. The minimum absolute atomic E-state index is 0.0277. The van der Waals surface area contributed by atoms with E-state index in [1.165, 1.54) is 28.6 Å². The molecule has 0 unspecified atom stereocenters. The maximum atomic E-state index is 13.3. The molecule has 0 aliphatic heterocycles. The van der Waals surface area contributed by atoms with E-state index in [-0.39, 0.29) is 30.3 Å². The van der Waals surface area contributed by atoms with Crippen molar-refractivity contribution in [2.75, 3.05) is 18.8 Å². The number of anilines is 1. The molecule has 0 aliphatic rings. The predicted octanol–water partition coefficient (Wildman–Crippen LogP) is 3.73. The third-order valence-corrected chi connectivity index (χ3v) is 7.72. The number of nitrogens with zero attached hydrogens (tertiary/aromatic N) is 1. The van der Waals surface area contributed by atoms with Gasteiger partial charge in [-0.15, -0.1) is 0 Å². The quantitative estimate of drug-likeness (QED) is 0.242. The van der Waals surface area contributed by atoms with Crippen LogP contribution in [0.15, 0.2) is 83.8 Å². The molecule has 0 heterocycles. The molecule has 10 heteroatoms. The Balaban J connectivity index is 1.72. The predicted molar refractivity (Wildman–Crippen MR) is 146 cm³/mol. The number of ether oxygens (including phenoxy) is 1. The smallest absolute Gasteiger partial charge is 0.404 e. The van der Waals surface area contributed by atoms with Gasteiger partial charge < -0.3 is 26.0 Å². The summed E-state index contributed by atoms with van der Waals surface area (Å²) in [6, 6.07) is 21.8. The summed E-state index contributed by atoms with van der Waals surface area (Å²) in [5, 5.41) is 22.8. The van der Waals surface area contributed by atoms with Crippen molar-refractivity contribution >= 4 is 21.8 Å². The number of hydrogen-bond donors (Lipinski definition) is 4. The van der Waals surface area contributed by atoms with E-state index in [1.807, 2.05) is 44.2 Å². The van der Waals surface area contributed by atoms with Crippen LogP contribution in [-0.4, -0.2) is 54.3 Å². The van der Waals surface area contributed by atoms with Crippen LogP contribution in [0.25, 0.3) is 0 Å². The Morgan fingerprint density at radius 2 is 1.58 bits per heavy atom. The van der Waals surface area contributed by atoms with Crippen LogP contribution in [0.3, 0.4) is 0 Å². The van der Waals surface area contributed by atoms with E-state index in [9.17, 15) is 23.4 Å². The van der Waals surface area contributed by atoms with E-state index in [1.54, 1.807) is 24.3 Å². The summed E-state index contributed by atoms with van der Waals surface area (Å²) in [4.78, 5) is 11.6. The van der Waals surface area contributed by atoms with E-state index in [0.29, 0.717) is 18.0 Å². The second-order valence-electron chi connectivity index (χ2n) is 9.53. The maximum absolute atomic E-state index is 13.3. The molecule has 0 aromatic heterocycles. The van der Waals surface area contributed by atoms with Crippen LogP contribution >= 0.6 is 0 Å². The van der Waals surface area contributed by atoms with Gasteiger partial charge in [0.15, 0.2) is 0 Å². The van der Waals surface area contributed by atoms with Gasteiger partial charge >= 0.3 is 6.09 Å². The number of nitrogens with one attached hydrogen (secondary N) is 1. The minimum atomic E-state index is -3.95. The number of hydrogen-bond acceptors (Lipinski definition) is 6. The Labute approximate surface area is 223 Å². The first-order valence-electron chi connectivity index (χ1n) is 12.3. The lowest BCUT2D eigenvalue weighted by Crippen LogP contribution is -2.50. The normalized spacial score (nSPS) is 13.3. The molecule has 0 radical (unpaired) electrons. The average Bonchev–Trinajstić information content (AvgIpc) is 2.88. The Morgan fingerprint density at radius 1 is 0.947 bits per heavy atom. The molecule has 1 amide bonds. The zero-order chi connectivity index (χ0) is 27.7. The molecule has 3 aromatic rings. The van der Waals surface area contributed by atoms with Crippen molar-refractivity contribution in [1.29, 1.82) is 0 Å². The standard InChI is InChI=1S/C28H35N3O6S/c1-20(2)17-31(38(35,36)25-14-10-23(29)11-15-25)18-27(32)26(30-28(33)34)16-21-8-12-24(13-9-21)37-19-22-6-4-3-5-7-22/h3-15,20,26-27,30,32H,16-19,29H2,1-2H3,(H,33,34)/t26-,27-/m0/s1. The van der Waals surface area contributed by atoms with Crippen molar-refractivity contribution in [2.45, 2.75) is 43.9 Å². The summed E-state index contributed by atoms with van der Waals surface area (Å²) in [6.07, 6.45) is -2.46. The first kappa shape index (κ1) is 29.0. The van der Waals surface area contributed by atoms with E-state index >= 15 is 0 Å². The highest BCUT2D eigenvalue weighted by molar-refractivity contribution is 7.89. The molecule has 2 atom stereocenters. The van der Waals surface area contributed by atoms with Crippen molar-refractivity contribution in [1.82, 2.24) is 9.62 Å². The number of sulfonamides is 1. The lowest BCUT2D eigenvalue weighted by molar-refractivity contribution is 0.0980. The van der Waals surface area contributed by atoms with Gasteiger partial charge in [-0.25, -0.2) is 13.2 Å². The van der Waals surface area contributed by atoms with Gasteiger partial charge in [-0.05, 0) is 59.9 Å². The Hall–Kier alpha value is -3.60. The van der Waals surface area contributed by atoms with Gasteiger partial charge in [-0.3, -0.25) is 0 Å². The van der Waals surface area contributed by atoms with Crippen LogP contribution in [0.1, 0.15) is 25.0 Å². The van der Waals surface area contributed by atoms with Crippen LogP contribution in [0.4, 0.5) is 10.5 Å². The molecule has 0 spiro atoms. The minimum Gasteiger partial charge on any atom is -0.489 e. The van der Waals surface area contributed by atoms with Gasteiger partial charge in [0, 0.05) is 18.8 Å². The van der Waals surface area contributed by atoms with Gasteiger partial charge in [0.05, 0.1) is 17.0 Å². The summed E-state index contributed by atoms with van der Waals surface area (Å²) in [7, 11) is -3.95. The number of benzene rings is 3. The summed E-state index contributed by atoms with van der Waals surface area (Å²) >= 11 is 0. The molecule has 9 nitrogen and oxygen atoms in total. The number of carboxylic acid groups (broad SMARTS) is 1. The number of nitrogen functional groups attached to an aromatic ring is 1. The van der Waals surface area contributed by atoms with Crippen molar-refractivity contribution in [3.63, 3.8) is 0 Å². The molecule has 38 heavy (non-hydrogen) atoms. The summed E-state index contributed by atoms with van der Waals surface area (Å²) < 4.78 is 33.7. The number of nitrogens with two attached hydrogens (primary N) is 1. The topological polar surface area (TPSA) is 142 Å². The molecule has 0 fully saturated rings. The number of carbonyl (C=O) groups is 1. The average molecular weight is 542 g/mol. The fourth-order valence-corrected chi connectivity index (χ4v) is 5.58. The van der Waals surface area contributed by atoms with Gasteiger partial charge in [0.1, 0.15) is 12.4 Å². The zero-order valence-corrected chi connectivity index (χ0v) is 22.3. The number of rotatable bonds is 13. The lowest BCUT2D eigenvalue weighted by atomic mass is 10.0. The molecule has 0 aliphatic carbocycles. The molecule has 0 saturated carbocycles. The van der Waals surface area contributed by atoms with Crippen LogP contribution in [0.2, 0.25) is 0 Å². The van der Waals surface area contributed by atoms with Crippen LogP contribution in [0, 0.1) is 5.92 Å². The summed E-state index contributed by atoms with van der Waals surface area (Å²) in [5.74, 6) is 0.624. The lowest BCUT2D eigenvalue weighted by Gasteiger charge is -2.30. The number of aliphatic hydroxyl groups is 1. The number of aliphatic hydroxyl groups excluding tert-OH is 1. The number of amides is 1. The Kier molecular flexibility index (Phi) is 10.1. The Bertz CT molecular complexity index is 1270. The van der Waals surface area contributed by atoms with Gasteiger partial charge in [0.2, 0.25) is 10.0 Å². The molecule has 0 bridgehead atoms. The van der Waals surface area contributed by atoms with Crippen molar-refractivity contribution < 1.29 is 28.2 Å². The highest BCUT2D eigenvalue weighted by atomic mass is 32.2. The van der Waals surface area contributed by atoms with Gasteiger partial charge in [-0.1, -0.05) is 56.3 Å². The van der Waals surface area contributed by atoms with E-state index in [0.717, 1.165) is 11.1 Å². The second-order valence-corrected chi connectivity index (χ2v) is 11.5. The largest absolute Gasteiger partial charge is 0.489 e.